The number of rotatable bonds is 35. The molecule has 0 radical (unpaired) electrons. The number of aliphatic imine (C=N–C) groups is 1. The average molecular weight is 1130 g/mol. The molecule has 20 N–H and O–H groups in total. The zero-order valence-corrected chi connectivity index (χ0v) is 45.3. The van der Waals surface area contributed by atoms with Gasteiger partial charge in [-0.2, -0.15) is 0 Å². The molecule has 9 atom stereocenters. The van der Waals surface area contributed by atoms with Crippen LogP contribution >= 0.6 is 0 Å². The first-order valence-electron chi connectivity index (χ1n) is 25.7. The standard InChI is InChI=1S/C51H77N13O16/c1-6-27(4)42(64-40(69)24-56-44(73)33(17-18-41(70)71)59-45(74)35(20-26(2)3)58-39(68)23-52)49(78)62-37(22-30-11-15-32(67)16-12-30)46(75)61-36(21-29-9-13-31(66)14-10-29)47(76)63-38(25-65)48(77)57-28(5)43(72)60-34(50(79)80)8-7-19-55-51(53)54/h9-16,26-28,33-38,42,65-67H,6-8,17-25,52H2,1-5H3,(H,56,73)(H,57,77)(H,58,68)(H,59,74)(H,60,72)(H,61,75)(H,62,78)(H,63,76)(H,64,69)(H,70,71)(H,79,80)(H4,53,54,55)/t27-,28-,33-,34-,35-,36-,37-,38-,42-/m0/s1. The number of hydrogen-bond donors (Lipinski definition) is 17. The number of aliphatic carboxylic acids is 2. The van der Waals surface area contributed by atoms with Crippen LogP contribution in [0.3, 0.4) is 0 Å². The van der Waals surface area contributed by atoms with Crippen molar-refractivity contribution in [2.24, 2.45) is 34.0 Å². The molecule has 0 aromatic heterocycles. The van der Waals surface area contributed by atoms with Gasteiger partial charge >= 0.3 is 11.9 Å². The van der Waals surface area contributed by atoms with Gasteiger partial charge in [0.15, 0.2) is 5.96 Å². The lowest BCUT2D eigenvalue weighted by Gasteiger charge is -2.28. The first kappa shape index (κ1) is 67.5. The van der Waals surface area contributed by atoms with E-state index in [9.17, 15) is 78.3 Å². The fourth-order valence-electron chi connectivity index (χ4n) is 7.57. The number of phenolic OH excluding ortho intramolecular Hbond substituents is 2. The number of aliphatic hydroxyl groups excluding tert-OH is 1. The van der Waals surface area contributed by atoms with Gasteiger partial charge in [0.2, 0.25) is 53.2 Å². The molecule has 0 saturated carbocycles. The minimum Gasteiger partial charge on any atom is -0.508 e. The minimum absolute atomic E-state index is 0.0757. The number of carboxylic acids is 2. The Bertz CT molecular complexity index is 2470. The highest BCUT2D eigenvalue weighted by Gasteiger charge is 2.35. The second kappa shape index (κ2) is 34.3. The van der Waals surface area contributed by atoms with E-state index < -0.39 is 152 Å². The Kier molecular flexibility index (Phi) is 29.0. The van der Waals surface area contributed by atoms with Gasteiger partial charge in [-0.05, 0) is 79.8 Å². The monoisotopic (exact) mass is 1130 g/mol. The van der Waals surface area contributed by atoms with Gasteiger partial charge in [-0.1, -0.05) is 58.4 Å². The molecule has 2 aromatic carbocycles. The summed E-state index contributed by atoms with van der Waals surface area (Å²) in [6, 6.07) is -0.689. The third-order valence-corrected chi connectivity index (χ3v) is 12.2. The topological polar surface area (TPSA) is 488 Å². The number of aliphatic hydroxyl groups is 1. The molecule has 80 heavy (non-hydrogen) atoms. The first-order chi connectivity index (χ1) is 37.7. The lowest BCUT2D eigenvalue weighted by molar-refractivity contribution is -0.142. The van der Waals surface area contributed by atoms with E-state index in [1.54, 1.807) is 27.7 Å². The fraction of sp³-hybridized carbons (Fsp3) is 0.529. The summed E-state index contributed by atoms with van der Waals surface area (Å²) in [6.07, 6.45) is -1.05. The quantitative estimate of drug-likeness (QED) is 0.0177. The number of nitrogens with zero attached hydrogens (tertiary/aromatic N) is 1. The van der Waals surface area contributed by atoms with Crippen LogP contribution in [0.2, 0.25) is 0 Å². The molecule has 0 aliphatic rings. The molecule has 2 aromatic rings. The van der Waals surface area contributed by atoms with Gasteiger partial charge in [0.1, 0.15) is 59.8 Å². The van der Waals surface area contributed by atoms with Gasteiger partial charge < -0.3 is 90.6 Å². The van der Waals surface area contributed by atoms with Crippen LogP contribution < -0.4 is 65.1 Å². The van der Waals surface area contributed by atoms with Gasteiger partial charge in [-0.15, -0.1) is 0 Å². The van der Waals surface area contributed by atoms with Crippen molar-refractivity contribution in [2.45, 2.75) is 134 Å². The predicted octanol–water partition coefficient (Wildman–Crippen LogP) is -4.06. The highest BCUT2D eigenvalue weighted by Crippen LogP contribution is 2.16. The molecule has 0 heterocycles. The van der Waals surface area contributed by atoms with E-state index in [0.29, 0.717) is 11.1 Å². The molecular formula is C51H77N13O16. The van der Waals surface area contributed by atoms with Crippen molar-refractivity contribution in [2.75, 3.05) is 26.2 Å². The fourth-order valence-corrected chi connectivity index (χ4v) is 7.57. The lowest BCUT2D eigenvalue weighted by Crippen LogP contribution is -2.61. The van der Waals surface area contributed by atoms with E-state index in [1.165, 1.54) is 55.5 Å². The van der Waals surface area contributed by atoms with Gasteiger partial charge in [0.25, 0.3) is 0 Å². The number of phenols is 2. The van der Waals surface area contributed by atoms with Crippen LogP contribution in [0.25, 0.3) is 0 Å². The summed E-state index contributed by atoms with van der Waals surface area (Å²) in [6.45, 7) is 5.92. The maximum absolute atomic E-state index is 14.5. The Morgan fingerprint density at radius 3 is 1.52 bits per heavy atom. The number of benzene rings is 2. The summed E-state index contributed by atoms with van der Waals surface area (Å²) in [5, 5.41) is 71.1. The van der Waals surface area contributed by atoms with Gasteiger partial charge in [0.05, 0.1) is 19.7 Å². The van der Waals surface area contributed by atoms with Crippen LogP contribution in [0.5, 0.6) is 11.5 Å². The normalized spacial score (nSPS) is 14.3. The second-order valence-corrected chi connectivity index (χ2v) is 19.3. The summed E-state index contributed by atoms with van der Waals surface area (Å²) in [5.41, 5.74) is 16.8. The number of amides is 9. The van der Waals surface area contributed by atoms with Crippen molar-refractivity contribution in [3.63, 3.8) is 0 Å². The number of guanidine groups is 1. The van der Waals surface area contributed by atoms with Crippen molar-refractivity contribution in [1.82, 2.24) is 47.9 Å². The van der Waals surface area contributed by atoms with E-state index in [-0.39, 0.29) is 68.4 Å². The highest BCUT2D eigenvalue weighted by atomic mass is 16.4. The first-order valence-corrected chi connectivity index (χ1v) is 25.7. The molecule has 29 heteroatoms. The van der Waals surface area contributed by atoms with Crippen LogP contribution in [-0.4, -0.2) is 171 Å². The van der Waals surface area contributed by atoms with E-state index in [1.807, 2.05) is 0 Å². The van der Waals surface area contributed by atoms with Crippen molar-refractivity contribution in [1.29, 1.82) is 0 Å². The molecule has 0 fully saturated rings. The van der Waals surface area contributed by atoms with Crippen molar-refractivity contribution < 1.29 is 78.3 Å². The largest absolute Gasteiger partial charge is 0.508 e. The van der Waals surface area contributed by atoms with Crippen molar-refractivity contribution in [3.05, 3.63) is 59.7 Å². The zero-order chi connectivity index (χ0) is 60.2. The van der Waals surface area contributed by atoms with Crippen LogP contribution in [0.1, 0.15) is 84.3 Å². The Labute approximate surface area is 461 Å². The Hall–Kier alpha value is -8.60. The van der Waals surface area contributed by atoms with E-state index in [2.05, 4.69) is 52.8 Å². The SMILES string of the molecule is CC[C@H](C)[C@H](NC(=O)CNC(=O)[C@H](CCC(=O)O)NC(=O)[C@H](CC(C)C)NC(=O)CN)C(=O)N[C@@H](Cc1ccc(O)cc1)C(=O)N[C@@H](Cc1ccc(O)cc1)C(=O)N[C@@H](CO)C(=O)N[C@@H](C)C(=O)N[C@@H](CCCN=C(N)N)C(=O)O. The maximum Gasteiger partial charge on any atom is 0.326 e. The molecule has 0 saturated heterocycles. The maximum atomic E-state index is 14.5. The van der Waals surface area contributed by atoms with E-state index in [4.69, 9.17) is 17.2 Å². The zero-order valence-electron chi connectivity index (χ0n) is 45.3. The molecule has 29 nitrogen and oxygen atoms in total. The van der Waals surface area contributed by atoms with Crippen LogP contribution in [0, 0.1) is 11.8 Å². The van der Waals surface area contributed by atoms with Gasteiger partial charge in [-0.3, -0.25) is 52.9 Å². The predicted molar refractivity (Wildman–Crippen MR) is 287 cm³/mol. The number of nitrogens with one attached hydrogen (secondary N) is 9. The Balaban J connectivity index is 2.40. The van der Waals surface area contributed by atoms with Crippen LogP contribution in [0.4, 0.5) is 0 Å². The lowest BCUT2D eigenvalue weighted by atomic mass is 9.97. The highest BCUT2D eigenvalue weighted by molar-refractivity contribution is 5.98. The van der Waals surface area contributed by atoms with Crippen molar-refractivity contribution in [3.8, 4) is 11.5 Å². The summed E-state index contributed by atoms with van der Waals surface area (Å²) in [7, 11) is 0. The van der Waals surface area contributed by atoms with Crippen LogP contribution in [-0.2, 0) is 65.6 Å². The molecule has 0 bridgehead atoms. The van der Waals surface area contributed by atoms with E-state index in [0.717, 1.165) is 0 Å². The number of carboxylic acid groups (broad SMARTS) is 2. The number of hydrogen-bond acceptors (Lipinski definition) is 16. The smallest absolute Gasteiger partial charge is 0.326 e. The third kappa shape index (κ3) is 24.8. The minimum atomic E-state index is -1.75. The number of carbonyl (C=O) groups excluding carboxylic acids is 9. The average Bonchev–Trinajstić information content (AvgIpc) is 3.40. The molecule has 0 aliphatic heterocycles. The Morgan fingerprint density at radius 2 is 1.05 bits per heavy atom. The number of carbonyl (C=O) groups is 11. The summed E-state index contributed by atoms with van der Waals surface area (Å²) >= 11 is 0. The Morgan fingerprint density at radius 1 is 0.562 bits per heavy atom. The number of aromatic hydroxyl groups is 2. The molecule has 2 rings (SSSR count). The summed E-state index contributed by atoms with van der Waals surface area (Å²) in [5.74, 6) is -12.2. The summed E-state index contributed by atoms with van der Waals surface area (Å²) < 4.78 is 0. The van der Waals surface area contributed by atoms with E-state index >= 15 is 0 Å². The molecule has 0 spiro atoms. The van der Waals surface area contributed by atoms with Gasteiger partial charge in [0, 0.05) is 25.8 Å². The second-order valence-electron chi connectivity index (χ2n) is 19.3. The van der Waals surface area contributed by atoms with Crippen LogP contribution in [0.15, 0.2) is 53.5 Å². The molecular weight excluding hydrogens is 1050 g/mol. The summed E-state index contributed by atoms with van der Waals surface area (Å²) in [4.78, 5) is 149. The third-order valence-electron chi connectivity index (χ3n) is 12.2. The molecule has 0 unspecified atom stereocenters. The number of nitrogens with two attached hydrogens (primary N) is 3. The molecule has 9 amide bonds. The molecule has 0 aliphatic carbocycles. The van der Waals surface area contributed by atoms with Crippen molar-refractivity contribution >= 4 is 71.1 Å². The molecule has 442 valence electrons. The van der Waals surface area contributed by atoms with Gasteiger partial charge in [-0.25, -0.2) is 4.79 Å².